The van der Waals surface area contributed by atoms with E-state index in [0.29, 0.717) is 22.1 Å². The van der Waals surface area contributed by atoms with Crippen LogP contribution in [0.1, 0.15) is 11.1 Å². The SMILES string of the molecule is Cc1cc(C)c(OCC(=O)Nc2ccc(Cl)cc2N)c(Br)c1. The van der Waals surface area contributed by atoms with Crippen molar-refractivity contribution in [3.05, 3.63) is 51.0 Å². The molecule has 0 saturated heterocycles. The average molecular weight is 384 g/mol. The van der Waals surface area contributed by atoms with Gasteiger partial charge in [0.15, 0.2) is 6.61 Å². The molecule has 0 spiro atoms. The first-order valence-corrected chi connectivity index (χ1v) is 7.78. The lowest BCUT2D eigenvalue weighted by atomic mass is 10.1. The predicted molar refractivity (Wildman–Crippen MR) is 93.6 cm³/mol. The van der Waals surface area contributed by atoms with Gasteiger partial charge in [-0.2, -0.15) is 0 Å². The third-order valence-electron chi connectivity index (χ3n) is 3.01. The summed E-state index contributed by atoms with van der Waals surface area (Å²) in [5.74, 6) is 0.366. The predicted octanol–water partition coefficient (Wildman–Crippen LogP) is 4.32. The largest absolute Gasteiger partial charge is 0.482 e. The number of nitrogens with one attached hydrogen (secondary N) is 1. The lowest BCUT2D eigenvalue weighted by Crippen LogP contribution is -2.21. The minimum absolute atomic E-state index is 0.107. The molecule has 0 bridgehead atoms. The maximum atomic E-state index is 12.0. The van der Waals surface area contributed by atoms with Crippen molar-refractivity contribution in [1.82, 2.24) is 0 Å². The Morgan fingerprint density at radius 1 is 1.32 bits per heavy atom. The van der Waals surface area contributed by atoms with Crippen molar-refractivity contribution in [1.29, 1.82) is 0 Å². The molecule has 4 nitrogen and oxygen atoms in total. The van der Waals surface area contributed by atoms with Crippen LogP contribution in [-0.4, -0.2) is 12.5 Å². The van der Waals surface area contributed by atoms with Crippen molar-refractivity contribution in [2.45, 2.75) is 13.8 Å². The van der Waals surface area contributed by atoms with Gasteiger partial charge in [-0.25, -0.2) is 0 Å². The molecule has 3 N–H and O–H groups in total. The van der Waals surface area contributed by atoms with Gasteiger partial charge in [0, 0.05) is 5.02 Å². The number of carbonyl (C=O) groups excluding carboxylic acids is 1. The van der Waals surface area contributed by atoms with E-state index >= 15 is 0 Å². The molecule has 0 aliphatic rings. The van der Waals surface area contributed by atoms with E-state index in [9.17, 15) is 4.79 Å². The van der Waals surface area contributed by atoms with E-state index in [-0.39, 0.29) is 12.5 Å². The zero-order valence-corrected chi connectivity index (χ0v) is 14.6. The highest BCUT2D eigenvalue weighted by molar-refractivity contribution is 9.10. The van der Waals surface area contributed by atoms with Crippen molar-refractivity contribution in [3.63, 3.8) is 0 Å². The van der Waals surface area contributed by atoms with Crippen LogP contribution in [0.15, 0.2) is 34.8 Å². The molecule has 0 atom stereocenters. The molecule has 0 radical (unpaired) electrons. The molecule has 0 aliphatic heterocycles. The Bertz CT molecular complexity index is 696. The number of ether oxygens (including phenoxy) is 1. The van der Waals surface area contributed by atoms with Crippen molar-refractivity contribution < 1.29 is 9.53 Å². The molecule has 1 amide bonds. The molecule has 0 aliphatic carbocycles. The monoisotopic (exact) mass is 382 g/mol. The Morgan fingerprint density at radius 2 is 2.05 bits per heavy atom. The van der Waals surface area contributed by atoms with Gasteiger partial charge < -0.3 is 15.8 Å². The molecule has 2 aromatic carbocycles. The van der Waals surface area contributed by atoms with Crippen molar-refractivity contribution in [2.75, 3.05) is 17.7 Å². The highest BCUT2D eigenvalue weighted by Gasteiger charge is 2.10. The van der Waals surface area contributed by atoms with E-state index in [0.717, 1.165) is 15.6 Å². The summed E-state index contributed by atoms with van der Waals surface area (Å²) in [6.45, 7) is 3.82. The number of nitrogen functional groups attached to an aromatic ring is 1. The molecule has 2 rings (SSSR count). The van der Waals surface area contributed by atoms with Crippen LogP contribution < -0.4 is 15.8 Å². The van der Waals surface area contributed by atoms with Gasteiger partial charge in [-0.15, -0.1) is 0 Å². The number of aryl methyl sites for hydroxylation is 2. The summed E-state index contributed by atoms with van der Waals surface area (Å²) < 4.78 is 6.42. The summed E-state index contributed by atoms with van der Waals surface area (Å²) in [6, 6.07) is 8.84. The van der Waals surface area contributed by atoms with E-state index in [2.05, 4.69) is 21.2 Å². The number of nitrogens with two attached hydrogens (primary N) is 1. The molecule has 0 aromatic heterocycles. The average Bonchev–Trinajstić information content (AvgIpc) is 2.40. The fraction of sp³-hybridized carbons (Fsp3) is 0.188. The molecule has 0 fully saturated rings. The first kappa shape index (κ1) is 16.6. The van der Waals surface area contributed by atoms with Gasteiger partial charge in [0.2, 0.25) is 0 Å². The Balaban J connectivity index is 2.02. The number of anilines is 2. The maximum absolute atomic E-state index is 12.0. The Hall–Kier alpha value is -1.72. The minimum Gasteiger partial charge on any atom is -0.482 e. The van der Waals surface area contributed by atoms with Crippen LogP contribution in [0.3, 0.4) is 0 Å². The molecular weight excluding hydrogens is 368 g/mol. The third-order valence-corrected chi connectivity index (χ3v) is 3.83. The molecule has 22 heavy (non-hydrogen) atoms. The van der Waals surface area contributed by atoms with E-state index in [1.165, 1.54) is 0 Å². The van der Waals surface area contributed by atoms with E-state index in [4.69, 9.17) is 22.1 Å². The van der Waals surface area contributed by atoms with Gasteiger partial charge in [0.05, 0.1) is 15.8 Å². The fourth-order valence-electron chi connectivity index (χ4n) is 2.06. The van der Waals surface area contributed by atoms with Gasteiger partial charge in [-0.3, -0.25) is 4.79 Å². The van der Waals surface area contributed by atoms with Crippen LogP contribution in [0, 0.1) is 13.8 Å². The minimum atomic E-state index is -0.291. The molecule has 2 aromatic rings. The topological polar surface area (TPSA) is 64.3 Å². The van der Waals surface area contributed by atoms with Gasteiger partial charge >= 0.3 is 0 Å². The summed E-state index contributed by atoms with van der Waals surface area (Å²) in [5, 5.41) is 3.21. The van der Waals surface area contributed by atoms with E-state index in [1.807, 2.05) is 26.0 Å². The first-order valence-electron chi connectivity index (χ1n) is 6.61. The van der Waals surface area contributed by atoms with Crippen molar-refractivity contribution in [3.8, 4) is 5.75 Å². The second-order valence-electron chi connectivity index (χ2n) is 4.96. The van der Waals surface area contributed by atoms with Crippen molar-refractivity contribution in [2.24, 2.45) is 0 Å². The molecule has 0 saturated carbocycles. The summed E-state index contributed by atoms with van der Waals surface area (Å²) in [5.41, 5.74) is 8.80. The van der Waals surface area contributed by atoms with Crippen molar-refractivity contribution >= 4 is 44.8 Å². The van der Waals surface area contributed by atoms with Gasteiger partial charge in [-0.05, 0) is 65.2 Å². The summed E-state index contributed by atoms with van der Waals surface area (Å²) in [6.07, 6.45) is 0. The quantitative estimate of drug-likeness (QED) is 0.773. The maximum Gasteiger partial charge on any atom is 0.262 e. The van der Waals surface area contributed by atoms with Gasteiger partial charge in [0.1, 0.15) is 5.75 Å². The molecule has 6 heteroatoms. The van der Waals surface area contributed by atoms with Crippen LogP contribution in [0.5, 0.6) is 5.75 Å². The summed E-state index contributed by atoms with van der Waals surface area (Å²) in [7, 11) is 0. The third kappa shape index (κ3) is 4.15. The first-order chi connectivity index (χ1) is 10.4. The Morgan fingerprint density at radius 3 is 2.68 bits per heavy atom. The summed E-state index contributed by atoms with van der Waals surface area (Å²) in [4.78, 5) is 12.0. The zero-order valence-electron chi connectivity index (χ0n) is 12.2. The number of halogens is 2. The van der Waals surface area contributed by atoms with Crippen LogP contribution >= 0.6 is 27.5 Å². The van der Waals surface area contributed by atoms with Crippen LogP contribution in [-0.2, 0) is 4.79 Å². The van der Waals surface area contributed by atoms with E-state index < -0.39 is 0 Å². The van der Waals surface area contributed by atoms with Gasteiger partial charge in [-0.1, -0.05) is 17.7 Å². The Kier molecular flexibility index (Phi) is 5.32. The molecule has 0 heterocycles. The molecule has 0 unspecified atom stereocenters. The lowest BCUT2D eigenvalue weighted by Gasteiger charge is -2.13. The molecule has 116 valence electrons. The van der Waals surface area contributed by atoms with Crippen LogP contribution in [0.25, 0.3) is 0 Å². The Labute approximate surface area is 142 Å². The molecular formula is C16H16BrClN2O2. The van der Waals surface area contributed by atoms with Gasteiger partial charge in [0.25, 0.3) is 5.91 Å². The smallest absolute Gasteiger partial charge is 0.262 e. The highest BCUT2D eigenvalue weighted by atomic mass is 79.9. The number of hydrogen-bond donors (Lipinski definition) is 2. The van der Waals surface area contributed by atoms with E-state index in [1.54, 1.807) is 18.2 Å². The summed E-state index contributed by atoms with van der Waals surface area (Å²) >= 11 is 9.26. The normalized spacial score (nSPS) is 10.4. The number of benzene rings is 2. The second-order valence-corrected chi connectivity index (χ2v) is 6.25. The number of amides is 1. The zero-order chi connectivity index (χ0) is 16.3. The van der Waals surface area contributed by atoms with Crippen LogP contribution in [0.2, 0.25) is 5.02 Å². The number of rotatable bonds is 4. The lowest BCUT2D eigenvalue weighted by molar-refractivity contribution is -0.118. The number of carbonyl (C=O) groups is 1. The van der Waals surface area contributed by atoms with Crippen LogP contribution in [0.4, 0.5) is 11.4 Å². The second kappa shape index (κ2) is 7.03. The fourth-order valence-corrected chi connectivity index (χ4v) is 3.03. The standard InChI is InChI=1S/C16H16BrClN2O2/c1-9-5-10(2)16(12(17)6-9)22-8-15(21)20-14-4-3-11(18)7-13(14)19/h3-7H,8,19H2,1-2H3,(H,20,21). The highest BCUT2D eigenvalue weighted by Crippen LogP contribution is 2.30. The number of hydrogen-bond acceptors (Lipinski definition) is 3.